The van der Waals surface area contributed by atoms with E-state index in [1.165, 1.54) is 18.4 Å². The van der Waals surface area contributed by atoms with Crippen molar-refractivity contribution in [1.29, 1.82) is 0 Å². The molecule has 3 atom stereocenters. The largest absolute Gasteiger partial charge is 0.386 e. The lowest BCUT2D eigenvalue weighted by Crippen LogP contribution is -2.52. The third-order valence-corrected chi connectivity index (χ3v) is 4.80. The van der Waals surface area contributed by atoms with Crippen LogP contribution in [0.25, 0.3) is 0 Å². The SMILES string of the molecule is Cc1ccc(C(O)C2(N(C)C)CCCC(C)C2)cc1. The van der Waals surface area contributed by atoms with Gasteiger partial charge in [-0.2, -0.15) is 0 Å². The first kappa shape index (κ1) is 14.5. The van der Waals surface area contributed by atoms with Crippen molar-refractivity contribution >= 4 is 0 Å². The minimum atomic E-state index is -0.397. The zero-order valence-electron chi connectivity index (χ0n) is 12.7. The third-order valence-electron chi connectivity index (χ3n) is 4.80. The number of rotatable bonds is 3. The molecular weight excluding hydrogens is 234 g/mol. The van der Waals surface area contributed by atoms with Crippen LogP contribution < -0.4 is 0 Å². The Morgan fingerprint density at radius 2 is 1.89 bits per heavy atom. The van der Waals surface area contributed by atoms with Crippen LogP contribution in [0.5, 0.6) is 0 Å². The summed E-state index contributed by atoms with van der Waals surface area (Å²) in [6.07, 6.45) is 4.26. The Labute approximate surface area is 117 Å². The number of likely N-dealkylation sites (N-methyl/N-ethyl adjacent to an activating group) is 1. The van der Waals surface area contributed by atoms with Crippen LogP contribution in [0, 0.1) is 12.8 Å². The Kier molecular flexibility index (Phi) is 4.32. The van der Waals surface area contributed by atoms with Crippen molar-refractivity contribution in [3.05, 3.63) is 35.4 Å². The monoisotopic (exact) mass is 261 g/mol. The standard InChI is InChI=1S/C17H27NO/c1-13-7-9-15(10-8-13)16(19)17(18(3)4)11-5-6-14(2)12-17/h7-10,14,16,19H,5-6,11-12H2,1-4H3. The smallest absolute Gasteiger partial charge is 0.0973 e. The molecule has 0 radical (unpaired) electrons. The molecule has 1 N–H and O–H groups in total. The fourth-order valence-electron chi connectivity index (χ4n) is 3.52. The van der Waals surface area contributed by atoms with E-state index in [2.05, 4.69) is 57.1 Å². The first-order valence-electron chi connectivity index (χ1n) is 7.38. The highest BCUT2D eigenvalue weighted by Crippen LogP contribution is 2.43. The van der Waals surface area contributed by atoms with E-state index in [9.17, 15) is 5.11 Å². The van der Waals surface area contributed by atoms with Gasteiger partial charge >= 0.3 is 0 Å². The molecule has 2 nitrogen and oxygen atoms in total. The summed E-state index contributed by atoms with van der Waals surface area (Å²) in [6.45, 7) is 4.39. The molecule has 1 aliphatic carbocycles. The maximum atomic E-state index is 10.9. The van der Waals surface area contributed by atoms with Gasteiger partial charge in [0.2, 0.25) is 0 Å². The molecule has 1 aromatic carbocycles. The first-order valence-corrected chi connectivity index (χ1v) is 7.38. The van der Waals surface area contributed by atoms with Gasteiger partial charge < -0.3 is 10.0 Å². The highest BCUT2D eigenvalue weighted by Gasteiger charge is 2.43. The van der Waals surface area contributed by atoms with Crippen LogP contribution in [0.2, 0.25) is 0 Å². The fraction of sp³-hybridized carbons (Fsp3) is 0.647. The van der Waals surface area contributed by atoms with Gasteiger partial charge in [0.05, 0.1) is 11.6 Å². The van der Waals surface area contributed by atoms with Crippen molar-refractivity contribution in [2.45, 2.75) is 51.2 Å². The summed E-state index contributed by atoms with van der Waals surface area (Å²) in [6, 6.07) is 8.33. The molecule has 1 saturated carbocycles. The molecule has 0 heterocycles. The van der Waals surface area contributed by atoms with Crippen LogP contribution in [0.3, 0.4) is 0 Å². The number of hydrogen-bond acceptors (Lipinski definition) is 2. The minimum Gasteiger partial charge on any atom is -0.386 e. The summed E-state index contributed by atoms with van der Waals surface area (Å²) in [5.74, 6) is 0.691. The molecule has 1 aliphatic rings. The maximum Gasteiger partial charge on any atom is 0.0973 e. The van der Waals surface area contributed by atoms with Gasteiger partial charge in [0.15, 0.2) is 0 Å². The predicted molar refractivity (Wildman–Crippen MR) is 80.2 cm³/mol. The summed E-state index contributed by atoms with van der Waals surface area (Å²) in [7, 11) is 4.21. The summed E-state index contributed by atoms with van der Waals surface area (Å²) in [4.78, 5) is 2.24. The molecule has 3 unspecified atom stereocenters. The van der Waals surface area contributed by atoms with Crippen LogP contribution >= 0.6 is 0 Å². The highest BCUT2D eigenvalue weighted by atomic mass is 16.3. The van der Waals surface area contributed by atoms with Gasteiger partial charge in [-0.15, -0.1) is 0 Å². The Hall–Kier alpha value is -0.860. The van der Waals surface area contributed by atoms with Crippen LogP contribution in [0.1, 0.15) is 49.8 Å². The average molecular weight is 261 g/mol. The topological polar surface area (TPSA) is 23.5 Å². The van der Waals surface area contributed by atoms with Crippen molar-refractivity contribution in [3.63, 3.8) is 0 Å². The Morgan fingerprint density at radius 3 is 2.42 bits per heavy atom. The molecule has 0 amide bonds. The minimum absolute atomic E-state index is 0.104. The van der Waals surface area contributed by atoms with Crippen molar-refractivity contribution in [3.8, 4) is 0 Å². The van der Waals surface area contributed by atoms with Crippen LogP contribution in [-0.2, 0) is 0 Å². The van der Waals surface area contributed by atoms with E-state index in [-0.39, 0.29) is 5.54 Å². The zero-order valence-corrected chi connectivity index (χ0v) is 12.7. The second-order valence-electron chi connectivity index (χ2n) is 6.51. The number of aryl methyl sites for hydroxylation is 1. The van der Waals surface area contributed by atoms with E-state index >= 15 is 0 Å². The Morgan fingerprint density at radius 1 is 1.26 bits per heavy atom. The van der Waals surface area contributed by atoms with Gasteiger partial charge in [-0.3, -0.25) is 0 Å². The number of hydrogen-bond donors (Lipinski definition) is 1. The van der Waals surface area contributed by atoms with E-state index in [0.29, 0.717) is 5.92 Å². The van der Waals surface area contributed by atoms with Crippen LogP contribution in [-0.4, -0.2) is 29.6 Å². The van der Waals surface area contributed by atoms with Crippen molar-refractivity contribution in [1.82, 2.24) is 4.90 Å². The van der Waals surface area contributed by atoms with Gasteiger partial charge in [0.25, 0.3) is 0 Å². The Balaban J connectivity index is 2.30. The number of aliphatic hydroxyl groups excluding tert-OH is 1. The molecule has 0 spiro atoms. The quantitative estimate of drug-likeness (QED) is 0.899. The fourth-order valence-corrected chi connectivity index (χ4v) is 3.52. The summed E-state index contributed by atoms with van der Waals surface area (Å²) in [5.41, 5.74) is 2.19. The molecular formula is C17H27NO. The van der Waals surface area contributed by atoms with Gasteiger partial charge in [-0.1, -0.05) is 49.6 Å². The van der Waals surface area contributed by atoms with Crippen molar-refractivity contribution in [2.24, 2.45) is 5.92 Å². The van der Waals surface area contributed by atoms with E-state index < -0.39 is 6.10 Å². The lowest BCUT2D eigenvalue weighted by atomic mass is 9.71. The zero-order chi connectivity index (χ0) is 14.0. The molecule has 0 aliphatic heterocycles. The van der Waals surface area contributed by atoms with E-state index in [1.807, 2.05) is 0 Å². The van der Waals surface area contributed by atoms with Gasteiger partial charge in [-0.05, 0) is 45.3 Å². The third kappa shape index (κ3) is 2.85. The lowest BCUT2D eigenvalue weighted by molar-refractivity contribution is -0.0450. The molecule has 2 heteroatoms. The number of benzene rings is 1. The van der Waals surface area contributed by atoms with Crippen LogP contribution in [0.4, 0.5) is 0 Å². The molecule has 106 valence electrons. The number of aliphatic hydroxyl groups is 1. The summed E-state index contributed by atoms with van der Waals surface area (Å²) >= 11 is 0. The highest BCUT2D eigenvalue weighted by molar-refractivity contribution is 5.26. The van der Waals surface area contributed by atoms with Gasteiger partial charge in [0.1, 0.15) is 0 Å². The van der Waals surface area contributed by atoms with E-state index in [4.69, 9.17) is 0 Å². The second kappa shape index (κ2) is 5.64. The van der Waals surface area contributed by atoms with E-state index in [1.54, 1.807) is 0 Å². The van der Waals surface area contributed by atoms with Crippen LogP contribution in [0.15, 0.2) is 24.3 Å². The molecule has 1 fully saturated rings. The normalized spacial score (nSPS) is 29.5. The Bertz CT molecular complexity index is 412. The maximum absolute atomic E-state index is 10.9. The first-order chi connectivity index (χ1) is 8.95. The van der Waals surface area contributed by atoms with E-state index in [0.717, 1.165) is 18.4 Å². The second-order valence-corrected chi connectivity index (χ2v) is 6.51. The number of nitrogens with zero attached hydrogens (tertiary/aromatic N) is 1. The van der Waals surface area contributed by atoms with Crippen molar-refractivity contribution in [2.75, 3.05) is 14.1 Å². The summed E-state index contributed by atoms with van der Waals surface area (Å²) < 4.78 is 0. The average Bonchev–Trinajstić information content (AvgIpc) is 2.38. The molecule has 19 heavy (non-hydrogen) atoms. The molecule has 1 aromatic rings. The molecule has 0 aromatic heterocycles. The molecule has 0 bridgehead atoms. The molecule has 2 rings (SSSR count). The van der Waals surface area contributed by atoms with Gasteiger partial charge in [0, 0.05) is 0 Å². The lowest BCUT2D eigenvalue weighted by Gasteiger charge is -2.48. The van der Waals surface area contributed by atoms with Crippen molar-refractivity contribution < 1.29 is 5.11 Å². The predicted octanol–water partition coefficient (Wildman–Crippen LogP) is 3.54. The van der Waals surface area contributed by atoms with Gasteiger partial charge in [-0.25, -0.2) is 0 Å². The molecule has 0 saturated heterocycles. The summed E-state index contributed by atoms with van der Waals surface area (Å²) in [5, 5.41) is 10.9.